The number of nitro groups is 1. The number of anilines is 2. The summed E-state index contributed by atoms with van der Waals surface area (Å²) in [5.41, 5.74) is 1.27. The number of nitrogens with zero attached hydrogens (tertiary/aromatic N) is 3. The molecular weight excluding hydrogens is 463 g/mol. The van der Waals surface area contributed by atoms with Crippen LogP contribution in [-0.2, 0) is 0 Å². The van der Waals surface area contributed by atoms with Crippen LogP contribution in [0.2, 0.25) is 5.02 Å². The molecule has 0 radical (unpaired) electrons. The second kappa shape index (κ2) is 9.04. The maximum absolute atomic E-state index is 13.0. The van der Waals surface area contributed by atoms with Crippen LogP contribution >= 0.6 is 34.7 Å². The van der Waals surface area contributed by atoms with Gasteiger partial charge in [0, 0.05) is 35.0 Å². The van der Waals surface area contributed by atoms with Gasteiger partial charge in [-0.25, -0.2) is 9.37 Å². The SMILES string of the molecule is O=C(c1ccc(Cl)c([N+](=O)[O-])c1)N1CCS/C1=C/c1csc(Nc2ccc(F)cc2)n1. The normalized spacial score (nSPS) is 14.8. The number of hydrogen-bond donors (Lipinski definition) is 1. The minimum atomic E-state index is -0.612. The molecule has 0 saturated carbocycles. The molecule has 1 amide bonds. The van der Waals surface area contributed by atoms with Crippen molar-refractivity contribution in [3.05, 3.63) is 85.1 Å². The van der Waals surface area contributed by atoms with E-state index in [1.807, 2.05) is 5.38 Å². The van der Waals surface area contributed by atoms with Gasteiger partial charge in [-0.1, -0.05) is 11.6 Å². The van der Waals surface area contributed by atoms with Crippen LogP contribution in [0.15, 0.2) is 52.9 Å². The first kappa shape index (κ1) is 21.3. The number of thiazole rings is 1. The van der Waals surface area contributed by atoms with Crippen LogP contribution in [0.3, 0.4) is 0 Å². The fraction of sp³-hybridized carbons (Fsp3) is 0.100. The molecule has 31 heavy (non-hydrogen) atoms. The second-order valence-corrected chi connectivity index (χ2v) is 8.80. The predicted octanol–water partition coefficient (Wildman–Crippen LogP) is 5.78. The molecule has 1 fully saturated rings. The summed E-state index contributed by atoms with van der Waals surface area (Å²) in [6.45, 7) is 0.483. The Kier molecular flexibility index (Phi) is 6.21. The number of carbonyl (C=O) groups excluding carboxylic acids is 1. The van der Waals surface area contributed by atoms with Crippen molar-refractivity contribution in [2.24, 2.45) is 0 Å². The summed E-state index contributed by atoms with van der Waals surface area (Å²) in [5, 5.41) is 17.4. The number of benzene rings is 2. The Morgan fingerprint density at radius 1 is 1.29 bits per heavy atom. The lowest BCUT2D eigenvalue weighted by molar-refractivity contribution is -0.384. The van der Waals surface area contributed by atoms with Crippen molar-refractivity contribution in [1.82, 2.24) is 9.88 Å². The van der Waals surface area contributed by atoms with Crippen molar-refractivity contribution in [1.29, 1.82) is 0 Å². The van der Waals surface area contributed by atoms with Gasteiger partial charge in [-0.15, -0.1) is 23.1 Å². The van der Waals surface area contributed by atoms with Crippen molar-refractivity contribution in [2.75, 3.05) is 17.6 Å². The molecular formula is C20H14ClFN4O3S2. The summed E-state index contributed by atoms with van der Waals surface area (Å²) in [4.78, 5) is 29.5. The van der Waals surface area contributed by atoms with E-state index < -0.39 is 4.92 Å². The summed E-state index contributed by atoms with van der Waals surface area (Å²) >= 11 is 8.73. The van der Waals surface area contributed by atoms with E-state index in [9.17, 15) is 19.3 Å². The minimum Gasteiger partial charge on any atom is -0.332 e. The van der Waals surface area contributed by atoms with E-state index in [2.05, 4.69) is 10.3 Å². The second-order valence-electron chi connectivity index (χ2n) is 6.42. The van der Waals surface area contributed by atoms with Crippen LogP contribution in [0.1, 0.15) is 16.1 Å². The molecule has 11 heteroatoms. The molecule has 7 nitrogen and oxygen atoms in total. The van der Waals surface area contributed by atoms with Crippen molar-refractivity contribution in [2.45, 2.75) is 0 Å². The van der Waals surface area contributed by atoms with Gasteiger partial charge in [0.2, 0.25) is 0 Å². The summed E-state index contributed by atoms with van der Waals surface area (Å²) in [7, 11) is 0. The number of halogens is 2. The van der Waals surface area contributed by atoms with E-state index in [1.54, 1.807) is 23.1 Å². The molecule has 0 spiro atoms. The van der Waals surface area contributed by atoms with E-state index in [-0.39, 0.29) is 28.0 Å². The molecule has 1 N–H and O–H groups in total. The molecule has 1 aliphatic heterocycles. The third-order valence-corrected chi connectivity index (χ3v) is 6.47. The Balaban J connectivity index is 1.52. The number of amides is 1. The van der Waals surface area contributed by atoms with E-state index in [4.69, 9.17) is 11.6 Å². The molecule has 2 heterocycles. The molecule has 0 unspecified atom stereocenters. The van der Waals surface area contributed by atoms with Gasteiger partial charge in [0.25, 0.3) is 11.6 Å². The number of carbonyl (C=O) groups is 1. The van der Waals surface area contributed by atoms with Gasteiger partial charge >= 0.3 is 0 Å². The zero-order valence-corrected chi connectivity index (χ0v) is 18.1. The Morgan fingerprint density at radius 2 is 2.06 bits per heavy atom. The van der Waals surface area contributed by atoms with Gasteiger partial charge in [-0.3, -0.25) is 14.9 Å². The zero-order valence-electron chi connectivity index (χ0n) is 15.7. The highest BCUT2D eigenvalue weighted by Gasteiger charge is 2.27. The summed E-state index contributed by atoms with van der Waals surface area (Å²) < 4.78 is 13.0. The summed E-state index contributed by atoms with van der Waals surface area (Å²) in [5.74, 6) is 0.0537. The topological polar surface area (TPSA) is 88.4 Å². The van der Waals surface area contributed by atoms with Gasteiger partial charge < -0.3 is 10.2 Å². The van der Waals surface area contributed by atoms with Crippen LogP contribution < -0.4 is 5.32 Å². The van der Waals surface area contributed by atoms with Crippen LogP contribution in [0.5, 0.6) is 0 Å². The quantitative estimate of drug-likeness (QED) is 0.371. The molecule has 1 aromatic heterocycles. The fourth-order valence-electron chi connectivity index (χ4n) is 2.89. The first-order chi connectivity index (χ1) is 14.9. The maximum Gasteiger partial charge on any atom is 0.288 e. The van der Waals surface area contributed by atoms with Crippen LogP contribution in [0.25, 0.3) is 6.08 Å². The lowest BCUT2D eigenvalue weighted by Gasteiger charge is -2.16. The highest BCUT2D eigenvalue weighted by Crippen LogP contribution is 2.33. The third kappa shape index (κ3) is 4.87. The van der Waals surface area contributed by atoms with Crippen molar-refractivity contribution >= 4 is 63.2 Å². The Hall–Kier alpha value is -2.95. The number of thioether (sulfide) groups is 1. The third-order valence-electron chi connectivity index (χ3n) is 4.35. The molecule has 3 aromatic rings. The Morgan fingerprint density at radius 3 is 2.81 bits per heavy atom. The lowest BCUT2D eigenvalue weighted by atomic mass is 10.1. The average Bonchev–Trinajstić information content (AvgIpc) is 3.39. The number of nitrogens with one attached hydrogen (secondary N) is 1. The standard InChI is InChI=1S/C20H14ClFN4O3S2/c21-16-6-1-12(9-17(16)26(28)29)19(27)25-7-8-30-18(25)10-15-11-31-20(24-15)23-14-4-2-13(22)3-5-14/h1-6,9-11H,7-8H2,(H,23,24)/b18-10+. The maximum atomic E-state index is 13.0. The van der Waals surface area contributed by atoms with E-state index in [1.165, 1.54) is 53.4 Å². The Bertz CT molecular complexity index is 1180. The molecule has 2 aromatic carbocycles. The number of rotatable bonds is 5. The van der Waals surface area contributed by atoms with Crippen LogP contribution in [0, 0.1) is 15.9 Å². The van der Waals surface area contributed by atoms with Crippen LogP contribution in [-0.4, -0.2) is 33.0 Å². The molecule has 0 bridgehead atoms. The van der Waals surface area contributed by atoms with Crippen molar-refractivity contribution in [3.8, 4) is 0 Å². The highest BCUT2D eigenvalue weighted by atomic mass is 35.5. The molecule has 0 aliphatic carbocycles. The number of aromatic nitrogens is 1. The van der Waals surface area contributed by atoms with Gasteiger partial charge in [0.1, 0.15) is 10.8 Å². The molecule has 4 rings (SSSR count). The van der Waals surface area contributed by atoms with E-state index >= 15 is 0 Å². The smallest absolute Gasteiger partial charge is 0.288 e. The lowest BCUT2D eigenvalue weighted by Crippen LogP contribution is -2.26. The van der Waals surface area contributed by atoms with Gasteiger partial charge in [-0.05, 0) is 42.5 Å². The van der Waals surface area contributed by atoms with E-state index in [0.717, 1.165) is 0 Å². The number of hydrogen-bond acceptors (Lipinski definition) is 7. The average molecular weight is 477 g/mol. The fourth-order valence-corrected chi connectivity index (χ4v) is 4.78. The van der Waals surface area contributed by atoms with Gasteiger partial charge in [0.15, 0.2) is 5.13 Å². The van der Waals surface area contributed by atoms with Crippen molar-refractivity contribution < 1.29 is 14.1 Å². The molecule has 0 atom stereocenters. The largest absolute Gasteiger partial charge is 0.332 e. The molecule has 1 saturated heterocycles. The first-order valence-electron chi connectivity index (χ1n) is 8.99. The van der Waals surface area contributed by atoms with E-state index in [0.29, 0.717) is 33.8 Å². The Labute approximate surface area is 189 Å². The molecule has 1 aliphatic rings. The van der Waals surface area contributed by atoms with Crippen LogP contribution in [0.4, 0.5) is 20.9 Å². The minimum absolute atomic E-state index is 0.0169. The van der Waals surface area contributed by atoms with Gasteiger partial charge in [0.05, 0.1) is 15.6 Å². The highest BCUT2D eigenvalue weighted by molar-refractivity contribution is 8.03. The zero-order chi connectivity index (χ0) is 22.0. The summed E-state index contributed by atoms with van der Waals surface area (Å²) in [6.07, 6.45) is 1.80. The van der Waals surface area contributed by atoms with Gasteiger partial charge in [-0.2, -0.15) is 0 Å². The number of nitro benzene ring substituents is 1. The predicted molar refractivity (Wildman–Crippen MR) is 121 cm³/mol. The first-order valence-corrected chi connectivity index (χ1v) is 11.2. The summed E-state index contributed by atoms with van der Waals surface area (Å²) in [6, 6.07) is 9.98. The molecule has 158 valence electrons. The monoisotopic (exact) mass is 476 g/mol. The van der Waals surface area contributed by atoms with Crippen molar-refractivity contribution in [3.63, 3.8) is 0 Å².